The van der Waals surface area contributed by atoms with E-state index >= 15 is 0 Å². The third-order valence-corrected chi connectivity index (χ3v) is 3.52. The Bertz CT molecular complexity index is 807. The van der Waals surface area contributed by atoms with Gasteiger partial charge < -0.3 is 0 Å². The van der Waals surface area contributed by atoms with E-state index in [1.165, 1.54) is 0 Å². The lowest BCUT2D eigenvalue weighted by Crippen LogP contribution is -1.88. The van der Waals surface area contributed by atoms with Crippen molar-refractivity contribution in [3.8, 4) is 22.6 Å². The van der Waals surface area contributed by atoms with Crippen LogP contribution in [0.15, 0.2) is 79.3 Å². The maximum atomic E-state index is 4.85. The molecular weight excluding hydrogens is 258 g/mol. The summed E-state index contributed by atoms with van der Waals surface area (Å²) in [6, 6.07) is 20.4. The summed E-state index contributed by atoms with van der Waals surface area (Å²) in [5, 5.41) is 0. The van der Waals surface area contributed by atoms with Gasteiger partial charge in [-0.2, -0.15) is 0 Å². The molecule has 3 nitrogen and oxygen atoms in total. The van der Waals surface area contributed by atoms with Crippen molar-refractivity contribution < 1.29 is 0 Å². The molecule has 0 spiro atoms. The largest absolute Gasteiger partial charge is 0.299 e. The number of hydrogen-bond acceptors (Lipinski definition) is 2. The third-order valence-electron chi connectivity index (χ3n) is 3.52. The third kappa shape index (κ3) is 1.99. The average Bonchev–Trinajstić information content (AvgIpc) is 2.96. The first kappa shape index (κ1) is 11.9. The minimum Gasteiger partial charge on any atom is -0.299 e. The molecule has 0 atom stereocenters. The Morgan fingerprint density at radius 2 is 1.57 bits per heavy atom. The molecule has 0 N–H and O–H groups in total. The fourth-order valence-electron chi connectivity index (χ4n) is 2.54. The Balaban J connectivity index is 2.02. The lowest BCUT2D eigenvalue weighted by molar-refractivity contribution is 1.15. The highest BCUT2D eigenvalue weighted by Crippen LogP contribution is 2.28. The normalized spacial score (nSPS) is 10.9. The molecule has 3 heteroatoms. The van der Waals surface area contributed by atoms with Gasteiger partial charge in [0.2, 0.25) is 0 Å². The monoisotopic (exact) mass is 271 g/mol. The fourth-order valence-corrected chi connectivity index (χ4v) is 2.54. The molecule has 0 unspecified atom stereocenters. The summed E-state index contributed by atoms with van der Waals surface area (Å²) in [7, 11) is 0. The number of pyridine rings is 2. The zero-order valence-electron chi connectivity index (χ0n) is 11.3. The summed E-state index contributed by atoms with van der Waals surface area (Å²) < 4.78 is 2.11. The van der Waals surface area contributed by atoms with E-state index < -0.39 is 0 Å². The Morgan fingerprint density at radius 3 is 2.38 bits per heavy atom. The van der Waals surface area contributed by atoms with Gasteiger partial charge in [0.15, 0.2) is 0 Å². The van der Waals surface area contributed by atoms with Crippen molar-refractivity contribution in [1.29, 1.82) is 0 Å². The number of aromatic nitrogens is 3. The molecule has 0 bridgehead atoms. The van der Waals surface area contributed by atoms with Crippen LogP contribution in [-0.4, -0.2) is 14.4 Å². The van der Waals surface area contributed by atoms with Crippen LogP contribution in [0.4, 0.5) is 0 Å². The maximum Gasteiger partial charge on any atom is 0.146 e. The van der Waals surface area contributed by atoms with E-state index in [0.29, 0.717) is 0 Å². The number of imidazole rings is 1. The molecule has 21 heavy (non-hydrogen) atoms. The van der Waals surface area contributed by atoms with Gasteiger partial charge in [-0.15, -0.1) is 0 Å². The molecule has 0 saturated heterocycles. The van der Waals surface area contributed by atoms with Gasteiger partial charge in [-0.1, -0.05) is 36.4 Å². The number of benzene rings is 1. The first-order chi connectivity index (χ1) is 10.4. The molecule has 4 rings (SSSR count). The predicted octanol–water partition coefficient (Wildman–Crippen LogP) is 4.06. The Hall–Kier alpha value is -2.94. The van der Waals surface area contributed by atoms with E-state index in [1.54, 1.807) is 6.20 Å². The van der Waals surface area contributed by atoms with E-state index in [9.17, 15) is 0 Å². The first-order valence-corrected chi connectivity index (χ1v) is 6.86. The van der Waals surface area contributed by atoms with Gasteiger partial charge in [-0.05, 0) is 24.3 Å². The maximum absolute atomic E-state index is 4.85. The zero-order valence-corrected chi connectivity index (χ0v) is 11.3. The second-order valence-electron chi connectivity index (χ2n) is 4.85. The van der Waals surface area contributed by atoms with Crippen molar-refractivity contribution >= 4 is 5.52 Å². The summed E-state index contributed by atoms with van der Waals surface area (Å²) in [6.45, 7) is 0. The summed E-state index contributed by atoms with van der Waals surface area (Å²) in [4.78, 5) is 9.05. The second kappa shape index (κ2) is 4.87. The summed E-state index contributed by atoms with van der Waals surface area (Å²) in [5.74, 6) is 0.914. The minimum absolute atomic E-state index is 0.914. The number of fused-ring (bicyclic) bond motifs is 1. The number of hydrogen-bond donors (Lipinski definition) is 0. The highest BCUT2D eigenvalue weighted by atomic mass is 15.0. The van der Waals surface area contributed by atoms with Gasteiger partial charge in [0.25, 0.3) is 0 Å². The number of nitrogens with zero attached hydrogens (tertiary/aromatic N) is 3. The lowest BCUT2D eigenvalue weighted by atomic mass is 10.1. The molecule has 0 aliphatic carbocycles. The van der Waals surface area contributed by atoms with Crippen LogP contribution in [0.2, 0.25) is 0 Å². The molecule has 4 aromatic rings. The fraction of sp³-hybridized carbons (Fsp3) is 0. The quantitative estimate of drug-likeness (QED) is 0.550. The van der Waals surface area contributed by atoms with E-state index in [-0.39, 0.29) is 0 Å². The zero-order chi connectivity index (χ0) is 14.1. The molecule has 0 aliphatic rings. The van der Waals surface area contributed by atoms with Gasteiger partial charge in [0, 0.05) is 29.7 Å². The van der Waals surface area contributed by atoms with Crippen LogP contribution >= 0.6 is 0 Å². The van der Waals surface area contributed by atoms with Gasteiger partial charge in [-0.3, -0.25) is 9.38 Å². The second-order valence-corrected chi connectivity index (χ2v) is 4.85. The van der Waals surface area contributed by atoms with Crippen LogP contribution in [0.25, 0.3) is 28.2 Å². The molecule has 1 aromatic carbocycles. The van der Waals surface area contributed by atoms with Gasteiger partial charge in [-0.25, -0.2) is 4.98 Å². The molecule has 100 valence electrons. The highest BCUT2D eigenvalue weighted by molar-refractivity contribution is 5.81. The Labute approximate surface area is 122 Å². The molecule has 0 radical (unpaired) electrons. The van der Waals surface area contributed by atoms with Crippen molar-refractivity contribution in [2.45, 2.75) is 0 Å². The van der Waals surface area contributed by atoms with Crippen LogP contribution in [0.5, 0.6) is 0 Å². The molecule has 0 saturated carbocycles. The smallest absolute Gasteiger partial charge is 0.146 e. The van der Waals surface area contributed by atoms with Crippen molar-refractivity contribution in [3.05, 3.63) is 79.3 Å². The first-order valence-electron chi connectivity index (χ1n) is 6.86. The molecular formula is C18H13N3. The van der Waals surface area contributed by atoms with Crippen molar-refractivity contribution in [3.63, 3.8) is 0 Å². The van der Waals surface area contributed by atoms with Crippen molar-refractivity contribution in [2.24, 2.45) is 0 Å². The average molecular weight is 271 g/mol. The van der Waals surface area contributed by atoms with Crippen molar-refractivity contribution in [2.75, 3.05) is 0 Å². The topological polar surface area (TPSA) is 30.2 Å². The highest BCUT2D eigenvalue weighted by Gasteiger charge is 2.13. The summed E-state index contributed by atoms with van der Waals surface area (Å²) in [6.07, 6.45) is 5.66. The predicted molar refractivity (Wildman–Crippen MR) is 83.9 cm³/mol. The van der Waals surface area contributed by atoms with E-state index in [0.717, 1.165) is 28.2 Å². The van der Waals surface area contributed by atoms with Gasteiger partial charge in [0.1, 0.15) is 5.82 Å². The van der Waals surface area contributed by atoms with Crippen LogP contribution in [0, 0.1) is 0 Å². The molecule has 0 amide bonds. The molecule has 0 fully saturated rings. The van der Waals surface area contributed by atoms with E-state index in [4.69, 9.17) is 4.98 Å². The SMILES string of the molecule is c1ccc(-c2nc(-c3cccnc3)n3ccccc23)cc1. The standard InChI is InChI=1S/C18H13N3/c1-2-7-14(8-3-1)17-16-10-4-5-12-21(16)18(20-17)15-9-6-11-19-13-15/h1-13H. The molecule has 3 heterocycles. The van der Waals surface area contributed by atoms with Gasteiger partial charge >= 0.3 is 0 Å². The van der Waals surface area contributed by atoms with Crippen molar-refractivity contribution in [1.82, 2.24) is 14.4 Å². The van der Waals surface area contributed by atoms with Gasteiger partial charge in [0.05, 0.1) is 11.2 Å². The number of rotatable bonds is 2. The summed E-state index contributed by atoms with van der Waals surface area (Å²) in [5.41, 5.74) is 4.23. The van der Waals surface area contributed by atoms with E-state index in [1.807, 2.05) is 54.9 Å². The van der Waals surface area contributed by atoms with Crippen LogP contribution < -0.4 is 0 Å². The Kier molecular flexibility index (Phi) is 2.75. The lowest BCUT2D eigenvalue weighted by Gasteiger charge is -1.99. The Morgan fingerprint density at radius 1 is 0.762 bits per heavy atom. The molecule has 0 aliphatic heterocycles. The van der Waals surface area contributed by atoms with Crippen LogP contribution in [-0.2, 0) is 0 Å². The minimum atomic E-state index is 0.914. The van der Waals surface area contributed by atoms with E-state index in [2.05, 4.69) is 27.6 Å². The molecule has 3 aromatic heterocycles. The van der Waals surface area contributed by atoms with Crippen LogP contribution in [0.1, 0.15) is 0 Å². The summed E-state index contributed by atoms with van der Waals surface area (Å²) >= 11 is 0. The van der Waals surface area contributed by atoms with Crippen LogP contribution in [0.3, 0.4) is 0 Å².